The molecule has 0 saturated heterocycles. The monoisotopic (exact) mass is 361 g/mol. The number of anilines is 2. The molecule has 28 heavy (non-hydrogen) atoms. The van der Waals surface area contributed by atoms with Crippen molar-refractivity contribution in [3.05, 3.63) is 108 Å². The van der Waals surface area contributed by atoms with E-state index < -0.39 is 0 Å². The summed E-state index contributed by atoms with van der Waals surface area (Å²) in [5, 5.41) is 3.67. The molecule has 0 saturated carbocycles. The summed E-state index contributed by atoms with van der Waals surface area (Å²) in [6.45, 7) is 4.65. The second kappa shape index (κ2) is 6.38. The van der Waals surface area contributed by atoms with Gasteiger partial charge in [-0.2, -0.15) is 0 Å². The summed E-state index contributed by atoms with van der Waals surface area (Å²) in [5.41, 5.74) is 10.2. The lowest BCUT2D eigenvalue weighted by molar-refractivity contribution is 0.660. The molecule has 0 aromatic heterocycles. The number of hydrogen-bond donors (Lipinski definition) is 1. The van der Waals surface area contributed by atoms with Crippen LogP contribution in [0.5, 0.6) is 0 Å². The normalized spacial score (nSPS) is 13.6. The Bertz CT molecular complexity index is 1140. The minimum absolute atomic E-state index is 0.00569. The quantitative estimate of drug-likeness (QED) is 0.401. The molecule has 136 valence electrons. The number of nitrogens with one attached hydrogen (secondary N) is 1. The third-order valence-corrected chi connectivity index (χ3v) is 5.86. The van der Waals surface area contributed by atoms with Crippen LogP contribution in [0.2, 0.25) is 0 Å². The molecule has 5 rings (SSSR count). The van der Waals surface area contributed by atoms with Crippen molar-refractivity contribution in [1.82, 2.24) is 0 Å². The van der Waals surface area contributed by atoms with Crippen LogP contribution in [-0.2, 0) is 5.41 Å². The van der Waals surface area contributed by atoms with E-state index in [1.807, 2.05) is 6.07 Å². The summed E-state index contributed by atoms with van der Waals surface area (Å²) in [6.07, 6.45) is 0. The van der Waals surface area contributed by atoms with E-state index in [0.717, 1.165) is 11.4 Å². The fourth-order valence-corrected chi connectivity index (χ4v) is 4.38. The molecule has 0 bridgehead atoms. The third kappa shape index (κ3) is 2.63. The van der Waals surface area contributed by atoms with Crippen molar-refractivity contribution >= 4 is 11.4 Å². The van der Waals surface area contributed by atoms with E-state index in [9.17, 15) is 0 Å². The van der Waals surface area contributed by atoms with Crippen LogP contribution in [0.4, 0.5) is 11.4 Å². The van der Waals surface area contributed by atoms with Gasteiger partial charge in [0.05, 0.1) is 0 Å². The molecule has 0 aliphatic heterocycles. The van der Waals surface area contributed by atoms with Gasteiger partial charge in [0.25, 0.3) is 0 Å². The topological polar surface area (TPSA) is 12.0 Å². The summed E-state index contributed by atoms with van der Waals surface area (Å²) < 4.78 is 0. The lowest BCUT2D eigenvalue weighted by atomic mass is 9.82. The van der Waals surface area contributed by atoms with Crippen molar-refractivity contribution in [3.63, 3.8) is 0 Å². The fourth-order valence-electron chi connectivity index (χ4n) is 4.38. The zero-order chi connectivity index (χ0) is 19.1. The van der Waals surface area contributed by atoms with Crippen LogP contribution in [0.15, 0.2) is 97.1 Å². The largest absolute Gasteiger partial charge is 0.355 e. The van der Waals surface area contributed by atoms with E-state index in [0.29, 0.717) is 0 Å². The van der Waals surface area contributed by atoms with Crippen LogP contribution < -0.4 is 5.32 Å². The van der Waals surface area contributed by atoms with Gasteiger partial charge in [-0.3, -0.25) is 0 Å². The Hall–Kier alpha value is -3.32. The number of fused-ring (bicyclic) bond motifs is 3. The molecule has 1 aliphatic rings. The van der Waals surface area contributed by atoms with Gasteiger partial charge in [0.1, 0.15) is 0 Å². The molecule has 0 atom stereocenters. The van der Waals surface area contributed by atoms with Crippen LogP contribution in [0, 0.1) is 0 Å². The highest BCUT2D eigenvalue weighted by Crippen LogP contribution is 2.51. The van der Waals surface area contributed by atoms with Gasteiger partial charge in [0.15, 0.2) is 0 Å². The van der Waals surface area contributed by atoms with Crippen LogP contribution in [0.25, 0.3) is 22.3 Å². The molecule has 0 heterocycles. The maximum Gasteiger partial charge on any atom is 0.0467 e. The highest BCUT2D eigenvalue weighted by atomic mass is 14.9. The molecule has 0 radical (unpaired) electrons. The smallest absolute Gasteiger partial charge is 0.0467 e. The highest BCUT2D eigenvalue weighted by molar-refractivity contribution is 5.91. The minimum Gasteiger partial charge on any atom is -0.355 e. The first kappa shape index (κ1) is 16.8. The number of para-hydroxylation sites is 1. The second-order valence-corrected chi connectivity index (χ2v) is 7.97. The SMILES string of the molecule is CC1(C)c2ccccc2-c2cc(-c3ccccc3)c(Nc3ccccc3)cc21. The lowest BCUT2D eigenvalue weighted by Crippen LogP contribution is -2.15. The minimum atomic E-state index is -0.00569. The first-order chi connectivity index (χ1) is 13.6. The molecule has 1 N–H and O–H groups in total. The average Bonchev–Trinajstić information content (AvgIpc) is 2.96. The average molecular weight is 361 g/mol. The zero-order valence-corrected chi connectivity index (χ0v) is 16.2. The van der Waals surface area contributed by atoms with Crippen molar-refractivity contribution in [1.29, 1.82) is 0 Å². The van der Waals surface area contributed by atoms with E-state index in [1.165, 1.54) is 33.4 Å². The van der Waals surface area contributed by atoms with E-state index >= 15 is 0 Å². The molecule has 0 fully saturated rings. The molecule has 0 spiro atoms. The van der Waals surface area contributed by atoms with E-state index in [4.69, 9.17) is 0 Å². The van der Waals surface area contributed by atoms with Crippen molar-refractivity contribution in [2.45, 2.75) is 19.3 Å². The number of hydrogen-bond acceptors (Lipinski definition) is 1. The van der Waals surface area contributed by atoms with Crippen LogP contribution in [0.3, 0.4) is 0 Å². The molecular formula is C27H23N. The fraction of sp³-hybridized carbons (Fsp3) is 0.111. The third-order valence-electron chi connectivity index (χ3n) is 5.86. The Balaban J connectivity index is 1.75. The van der Waals surface area contributed by atoms with Crippen LogP contribution in [0.1, 0.15) is 25.0 Å². The maximum atomic E-state index is 3.67. The second-order valence-electron chi connectivity index (χ2n) is 7.97. The molecule has 1 heteroatoms. The van der Waals surface area contributed by atoms with Gasteiger partial charge in [-0.25, -0.2) is 0 Å². The molecule has 4 aromatic rings. The molecule has 0 amide bonds. The van der Waals surface area contributed by atoms with Crippen molar-refractivity contribution in [2.75, 3.05) is 5.32 Å². The zero-order valence-electron chi connectivity index (χ0n) is 16.2. The molecule has 4 aromatic carbocycles. The maximum absolute atomic E-state index is 3.67. The van der Waals surface area contributed by atoms with Crippen molar-refractivity contribution in [2.24, 2.45) is 0 Å². The summed E-state index contributed by atoms with van der Waals surface area (Å²) in [7, 11) is 0. The van der Waals surface area contributed by atoms with Crippen molar-refractivity contribution < 1.29 is 0 Å². The van der Waals surface area contributed by atoms with Gasteiger partial charge in [0.2, 0.25) is 0 Å². The summed E-state index contributed by atoms with van der Waals surface area (Å²) in [6, 6.07) is 34.6. The molecule has 0 unspecified atom stereocenters. The van der Waals surface area contributed by atoms with Gasteiger partial charge in [-0.05, 0) is 52.1 Å². The highest BCUT2D eigenvalue weighted by Gasteiger charge is 2.36. The van der Waals surface area contributed by atoms with Gasteiger partial charge in [0, 0.05) is 22.4 Å². The molecule has 1 aliphatic carbocycles. The first-order valence-corrected chi connectivity index (χ1v) is 9.80. The van der Waals surface area contributed by atoms with Crippen LogP contribution >= 0.6 is 0 Å². The van der Waals surface area contributed by atoms with Gasteiger partial charge in [-0.15, -0.1) is 0 Å². The number of benzene rings is 4. The summed E-state index contributed by atoms with van der Waals surface area (Å²) in [4.78, 5) is 0. The Labute approximate surface area is 166 Å². The lowest BCUT2D eigenvalue weighted by Gasteiger charge is -2.23. The van der Waals surface area contributed by atoms with E-state index in [-0.39, 0.29) is 5.41 Å². The Kier molecular flexibility index (Phi) is 3.84. The predicted octanol–water partition coefficient (Wildman–Crippen LogP) is 7.40. The van der Waals surface area contributed by atoms with E-state index in [2.05, 4.69) is 110 Å². The number of rotatable bonds is 3. The Morgan fingerprint density at radius 3 is 1.96 bits per heavy atom. The Morgan fingerprint density at radius 2 is 1.21 bits per heavy atom. The first-order valence-electron chi connectivity index (χ1n) is 9.80. The van der Waals surface area contributed by atoms with Gasteiger partial charge < -0.3 is 5.32 Å². The van der Waals surface area contributed by atoms with E-state index in [1.54, 1.807) is 0 Å². The standard InChI is InChI=1S/C27H23N/c1-27(2)24-16-10-9-15-21(24)23-17-22(19-11-5-3-6-12-19)26(18-25(23)27)28-20-13-7-4-8-14-20/h3-18,28H,1-2H3. The summed E-state index contributed by atoms with van der Waals surface area (Å²) in [5.74, 6) is 0. The summed E-state index contributed by atoms with van der Waals surface area (Å²) >= 11 is 0. The van der Waals surface area contributed by atoms with Gasteiger partial charge >= 0.3 is 0 Å². The molecule has 1 nitrogen and oxygen atoms in total. The predicted molar refractivity (Wildman–Crippen MR) is 119 cm³/mol. The van der Waals surface area contributed by atoms with Gasteiger partial charge in [-0.1, -0.05) is 86.6 Å². The van der Waals surface area contributed by atoms with Crippen molar-refractivity contribution in [3.8, 4) is 22.3 Å². The van der Waals surface area contributed by atoms with Crippen LogP contribution in [-0.4, -0.2) is 0 Å². The Morgan fingerprint density at radius 1 is 0.571 bits per heavy atom. The molecular weight excluding hydrogens is 338 g/mol.